The van der Waals surface area contributed by atoms with Crippen LogP contribution in [-0.2, 0) is 0 Å². The van der Waals surface area contributed by atoms with Gasteiger partial charge in [-0.2, -0.15) is 0 Å². The Labute approximate surface area is 76.1 Å². The molecule has 0 bridgehead atoms. The van der Waals surface area contributed by atoms with Crippen molar-refractivity contribution in [2.75, 3.05) is 13.1 Å². The number of likely N-dealkylation sites (tertiary alicyclic amines) is 1. The molecule has 0 aromatic carbocycles. The van der Waals surface area contributed by atoms with Gasteiger partial charge in [-0.3, -0.25) is 4.90 Å². The van der Waals surface area contributed by atoms with Crippen LogP contribution in [-0.4, -0.2) is 29.6 Å². The molecule has 72 valence electrons. The van der Waals surface area contributed by atoms with Crippen molar-refractivity contribution in [3.8, 4) is 0 Å². The Kier molecular flexibility index (Phi) is 2.79. The van der Waals surface area contributed by atoms with E-state index in [2.05, 4.69) is 32.6 Å². The van der Waals surface area contributed by atoms with Crippen LogP contribution in [0.4, 0.5) is 0 Å². The summed E-state index contributed by atoms with van der Waals surface area (Å²) in [4.78, 5) is 2.48. The Morgan fingerprint density at radius 1 is 1.33 bits per heavy atom. The summed E-state index contributed by atoms with van der Waals surface area (Å²) in [5.74, 6) is 0.698. The van der Waals surface area contributed by atoms with Gasteiger partial charge < -0.3 is 5.73 Å². The lowest BCUT2D eigenvalue weighted by atomic mass is 9.91. The second-order valence-electron chi connectivity index (χ2n) is 5.05. The minimum Gasteiger partial charge on any atom is -0.326 e. The van der Waals surface area contributed by atoms with Crippen molar-refractivity contribution in [1.29, 1.82) is 0 Å². The van der Waals surface area contributed by atoms with Crippen LogP contribution in [0, 0.1) is 5.92 Å². The van der Waals surface area contributed by atoms with Crippen molar-refractivity contribution in [3.63, 3.8) is 0 Å². The van der Waals surface area contributed by atoms with Gasteiger partial charge in [0.25, 0.3) is 0 Å². The average molecular weight is 170 g/mol. The number of hydrogen-bond acceptors (Lipinski definition) is 2. The highest BCUT2D eigenvalue weighted by molar-refractivity contribution is 4.86. The van der Waals surface area contributed by atoms with Crippen LogP contribution < -0.4 is 5.73 Å². The molecule has 0 spiro atoms. The summed E-state index contributed by atoms with van der Waals surface area (Å²) < 4.78 is 0. The van der Waals surface area contributed by atoms with Gasteiger partial charge >= 0.3 is 0 Å². The van der Waals surface area contributed by atoms with E-state index in [0.717, 1.165) is 6.54 Å². The molecule has 2 heteroatoms. The lowest BCUT2D eigenvalue weighted by molar-refractivity contribution is 0.0782. The van der Waals surface area contributed by atoms with E-state index in [1.807, 2.05) is 0 Å². The van der Waals surface area contributed by atoms with Crippen LogP contribution in [0.25, 0.3) is 0 Å². The van der Waals surface area contributed by atoms with Crippen LogP contribution in [0.15, 0.2) is 0 Å². The van der Waals surface area contributed by atoms with Gasteiger partial charge in [-0.25, -0.2) is 0 Å². The second kappa shape index (κ2) is 3.35. The van der Waals surface area contributed by atoms with E-state index in [1.54, 1.807) is 0 Å². The minimum absolute atomic E-state index is 0.289. The van der Waals surface area contributed by atoms with Gasteiger partial charge in [0.05, 0.1) is 0 Å². The standard InChI is InChI=1S/C10H22N2/c1-8-5-6-12(7-9(8)11)10(2,3)4/h8-9H,5-7,11H2,1-4H3/t8-,9?/m1/s1. The first-order chi connectivity index (χ1) is 5.41. The molecule has 1 aliphatic heterocycles. The monoisotopic (exact) mass is 170 g/mol. The highest BCUT2D eigenvalue weighted by Crippen LogP contribution is 2.22. The summed E-state index contributed by atoms with van der Waals surface area (Å²) in [7, 11) is 0. The largest absolute Gasteiger partial charge is 0.326 e. The molecule has 1 aliphatic rings. The van der Waals surface area contributed by atoms with Crippen LogP contribution in [0.5, 0.6) is 0 Å². The predicted octanol–water partition coefficient (Wildman–Crippen LogP) is 1.45. The van der Waals surface area contributed by atoms with Gasteiger partial charge in [-0.05, 0) is 39.7 Å². The Hall–Kier alpha value is -0.0800. The highest BCUT2D eigenvalue weighted by Gasteiger charge is 2.29. The molecule has 1 fully saturated rings. The third-order valence-corrected chi connectivity index (χ3v) is 2.97. The first-order valence-electron chi connectivity index (χ1n) is 4.92. The summed E-state index contributed by atoms with van der Waals surface area (Å²) in [6, 6.07) is 0.373. The van der Waals surface area contributed by atoms with E-state index in [-0.39, 0.29) is 5.54 Å². The number of hydrogen-bond donors (Lipinski definition) is 1. The molecule has 2 atom stereocenters. The third kappa shape index (κ3) is 2.20. The SMILES string of the molecule is C[C@@H]1CCN(C(C)(C)C)CC1N. The number of nitrogens with two attached hydrogens (primary N) is 1. The van der Waals surface area contributed by atoms with E-state index in [1.165, 1.54) is 13.0 Å². The average Bonchev–Trinajstić information content (AvgIpc) is 1.92. The molecular formula is C10H22N2. The van der Waals surface area contributed by atoms with Crippen LogP contribution >= 0.6 is 0 Å². The molecule has 12 heavy (non-hydrogen) atoms. The Balaban J connectivity index is 2.51. The maximum absolute atomic E-state index is 6.02. The fourth-order valence-corrected chi connectivity index (χ4v) is 1.71. The van der Waals surface area contributed by atoms with Crippen molar-refractivity contribution in [3.05, 3.63) is 0 Å². The van der Waals surface area contributed by atoms with Crippen molar-refractivity contribution in [2.24, 2.45) is 11.7 Å². The lowest BCUT2D eigenvalue weighted by Gasteiger charge is -2.43. The van der Waals surface area contributed by atoms with E-state index < -0.39 is 0 Å². The van der Waals surface area contributed by atoms with Crippen molar-refractivity contribution < 1.29 is 0 Å². The Bertz CT molecular complexity index is 148. The van der Waals surface area contributed by atoms with Gasteiger partial charge in [0.1, 0.15) is 0 Å². The molecular weight excluding hydrogens is 148 g/mol. The Morgan fingerprint density at radius 2 is 1.92 bits per heavy atom. The third-order valence-electron chi connectivity index (χ3n) is 2.97. The van der Waals surface area contributed by atoms with Crippen molar-refractivity contribution >= 4 is 0 Å². The Morgan fingerprint density at radius 3 is 2.33 bits per heavy atom. The molecule has 0 aliphatic carbocycles. The molecule has 0 aromatic rings. The van der Waals surface area contributed by atoms with Gasteiger partial charge in [0.15, 0.2) is 0 Å². The molecule has 0 saturated carbocycles. The van der Waals surface area contributed by atoms with Gasteiger partial charge in [0.2, 0.25) is 0 Å². The molecule has 1 rings (SSSR count). The van der Waals surface area contributed by atoms with Crippen molar-refractivity contribution in [1.82, 2.24) is 4.90 Å². The predicted molar refractivity (Wildman–Crippen MR) is 53.1 cm³/mol. The molecule has 2 nitrogen and oxygen atoms in total. The number of piperidine rings is 1. The molecule has 0 amide bonds. The number of rotatable bonds is 0. The van der Waals surface area contributed by atoms with Gasteiger partial charge in [0, 0.05) is 18.1 Å². The van der Waals surface area contributed by atoms with E-state index in [9.17, 15) is 0 Å². The molecule has 1 saturated heterocycles. The van der Waals surface area contributed by atoms with E-state index in [4.69, 9.17) is 5.73 Å². The van der Waals surface area contributed by atoms with E-state index in [0.29, 0.717) is 12.0 Å². The quantitative estimate of drug-likeness (QED) is 0.596. The topological polar surface area (TPSA) is 29.3 Å². The zero-order chi connectivity index (χ0) is 9.35. The van der Waals surface area contributed by atoms with Crippen LogP contribution in [0.2, 0.25) is 0 Å². The first-order valence-corrected chi connectivity index (χ1v) is 4.92. The smallest absolute Gasteiger partial charge is 0.0194 e. The first kappa shape index (κ1) is 10.0. The molecule has 1 unspecified atom stereocenters. The van der Waals surface area contributed by atoms with Gasteiger partial charge in [-0.1, -0.05) is 6.92 Å². The van der Waals surface area contributed by atoms with Crippen LogP contribution in [0.1, 0.15) is 34.1 Å². The lowest BCUT2D eigenvalue weighted by Crippen LogP contribution is -2.54. The maximum atomic E-state index is 6.02. The highest BCUT2D eigenvalue weighted by atomic mass is 15.2. The van der Waals surface area contributed by atoms with Crippen molar-refractivity contribution in [2.45, 2.75) is 45.7 Å². The summed E-state index contributed by atoms with van der Waals surface area (Å²) in [6.07, 6.45) is 1.25. The second-order valence-corrected chi connectivity index (χ2v) is 5.05. The zero-order valence-corrected chi connectivity index (χ0v) is 8.80. The number of nitrogens with zero attached hydrogens (tertiary/aromatic N) is 1. The normalized spacial score (nSPS) is 33.8. The summed E-state index contributed by atoms with van der Waals surface area (Å²) in [5, 5.41) is 0. The van der Waals surface area contributed by atoms with Crippen LogP contribution in [0.3, 0.4) is 0 Å². The zero-order valence-electron chi connectivity index (χ0n) is 8.80. The summed E-state index contributed by atoms with van der Waals surface area (Å²) >= 11 is 0. The minimum atomic E-state index is 0.289. The molecule has 0 aromatic heterocycles. The van der Waals surface area contributed by atoms with Gasteiger partial charge in [-0.15, -0.1) is 0 Å². The fraction of sp³-hybridized carbons (Fsp3) is 1.00. The summed E-state index contributed by atoms with van der Waals surface area (Å²) in [6.45, 7) is 11.3. The molecule has 1 heterocycles. The maximum Gasteiger partial charge on any atom is 0.0194 e. The fourth-order valence-electron chi connectivity index (χ4n) is 1.71. The summed E-state index contributed by atoms with van der Waals surface area (Å²) in [5.41, 5.74) is 6.31. The molecule has 2 N–H and O–H groups in total. The van der Waals surface area contributed by atoms with E-state index >= 15 is 0 Å². The molecule has 0 radical (unpaired) electrons.